The van der Waals surface area contributed by atoms with E-state index in [1.807, 2.05) is 17.5 Å². The summed E-state index contributed by atoms with van der Waals surface area (Å²) < 4.78 is 60.8. The molecule has 1 aromatic heterocycles. The summed E-state index contributed by atoms with van der Waals surface area (Å²) in [5.74, 6) is 0. The standard InChI is InChI=1S/C20H26N2O5S3/c23-29(24,21-11-1-2-12-21)19-7-9-20(10-8-19)30(25,26)22(15-17-5-3-13-27-17)16-18-6-4-14-28-18/h4,6-10,14,17H,1-3,5,11-13,15-16H2/t17-/m0/s1. The summed E-state index contributed by atoms with van der Waals surface area (Å²) in [5, 5.41) is 1.92. The first-order valence-corrected chi connectivity index (χ1v) is 13.9. The molecule has 2 aliphatic rings. The van der Waals surface area contributed by atoms with Crippen LogP contribution < -0.4 is 0 Å². The molecule has 10 heteroatoms. The molecule has 164 valence electrons. The molecule has 30 heavy (non-hydrogen) atoms. The van der Waals surface area contributed by atoms with Gasteiger partial charge in [-0.25, -0.2) is 16.8 Å². The molecule has 2 aromatic rings. The van der Waals surface area contributed by atoms with Gasteiger partial charge >= 0.3 is 0 Å². The fourth-order valence-corrected chi connectivity index (χ4v) is 7.62. The summed E-state index contributed by atoms with van der Waals surface area (Å²) in [7, 11) is -7.37. The molecule has 7 nitrogen and oxygen atoms in total. The van der Waals surface area contributed by atoms with Crippen molar-refractivity contribution in [3.8, 4) is 0 Å². The SMILES string of the molecule is O=S(=O)(c1ccc(S(=O)(=O)N(Cc2cccs2)C[C@@H]2CCCO2)cc1)N1CCCC1. The third-order valence-corrected chi connectivity index (χ3v) is 10.1. The van der Waals surface area contributed by atoms with E-state index in [4.69, 9.17) is 4.74 Å². The first-order chi connectivity index (χ1) is 14.4. The minimum Gasteiger partial charge on any atom is -0.377 e. The predicted molar refractivity (Wildman–Crippen MR) is 115 cm³/mol. The van der Waals surface area contributed by atoms with Gasteiger partial charge in [-0.3, -0.25) is 0 Å². The second-order valence-corrected chi connectivity index (χ2v) is 12.5. The lowest BCUT2D eigenvalue weighted by atomic mass is 10.2. The van der Waals surface area contributed by atoms with Gasteiger partial charge in [-0.15, -0.1) is 11.3 Å². The average Bonchev–Trinajstić information content (AvgIpc) is 3.50. The molecule has 0 radical (unpaired) electrons. The fraction of sp³-hybridized carbons (Fsp3) is 0.500. The zero-order valence-corrected chi connectivity index (χ0v) is 19.1. The van der Waals surface area contributed by atoms with Crippen molar-refractivity contribution in [2.75, 3.05) is 26.2 Å². The van der Waals surface area contributed by atoms with Gasteiger partial charge in [0.15, 0.2) is 0 Å². The van der Waals surface area contributed by atoms with Crippen molar-refractivity contribution in [3.05, 3.63) is 46.7 Å². The minimum absolute atomic E-state index is 0.0948. The smallest absolute Gasteiger partial charge is 0.243 e. The molecular formula is C20H26N2O5S3. The van der Waals surface area contributed by atoms with E-state index >= 15 is 0 Å². The van der Waals surface area contributed by atoms with Gasteiger partial charge in [0.25, 0.3) is 0 Å². The highest BCUT2D eigenvalue weighted by atomic mass is 32.2. The lowest BCUT2D eigenvalue weighted by molar-refractivity contribution is 0.0927. The van der Waals surface area contributed by atoms with Gasteiger partial charge in [-0.2, -0.15) is 8.61 Å². The summed E-state index contributed by atoms with van der Waals surface area (Å²) >= 11 is 1.51. The number of sulfonamides is 2. The fourth-order valence-electron chi connectivity index (χ4n) is 3.85. The van der Waals surface area contributed by atoms with Gasteiger partial charge < -0.3 is 4.74 Å². The summed E-state index contributed by atoms with van der Waals surface area (Å²) in [6.45, 7) is 2.24. The van der Waals surface area contributed by atoms with Crippen molar-refractivity contribution in [1.29, 1.82) is 0 Å². The molecule has 0 saturated carbocycles. The van der Waals surface area contributed by atoms with Crippen molar-refractivity contribution in [3.63, 3.8) is 0 Å². The van der Waals surface area contributed by atoms with Crippen LogP contribution in [0.3, 0.4) is 0 Å². The summed E-state index contributed by atoms with van der Waals surface area (Å²) in [6, 6.07) is 9.40. The zero-order valence-electron chi connectivity index (χ0n) is 16.6. The number of rotatable bonds is 8. The van der Waals surface area contributed by atoms with E-state index < -0.39 is 20.0 Å². The molecule has 2 saturated heterocycles. The van der Waals surface area contributed by atoms with Crippen LogP contribution in [-0.4, -0.2) is 57.8 Å². The molecule has 0 aliphatic carbocycles. The Labute approximate surface area is 182 Å². The average molecular weight is 471 g/mol. The third-order valence-electron chi connectivity index (χ3n) is 5.51. The second kappa shape index (κ2) is 9.05. The highest BCUT2D eigenvalue weighted by Gasteiger charge is 2.31. The quantitative estimate of drug-likeness (QED) is 0.592. The Morgan fingerprint density at radius 2 is 1.70 bits per heavy atom. The van der Waals surface area contributed by atoms with Crippen LogP contribution in [0.1, 0.15) is 30.6 Å². The van der Waals surface area contributed by atoms with E-state index in [2.05, 4.69) is 0 Å². The topological polar surface area (TPSA) is 84.0 Å². The number of benzene rings is 1. The van der Waals surface area contributed by atoms with E-state index in [0.29, 0.717) is 19.7 Å². The first-order valence-electron chi connectivity index (χ1n) is 10.1. The Morgan fingerprint density at radius 1 is 1.00 bits per heavy atom. The Bertz CT molecular complexity index is 1040. The molecule has 0 amide bonds. The van der Waals surface area contributed by atoms with Crippen molar-refractivity contribution in [2.24, 2.45) is 0 Å². The molecule has 0 spiro atoms. The Hall–Kier alpha value is -1.30. The normalized spacial score (nSPS) is 20.9. The van der Waals surface area contributed by atoms with E-state index in [1.54, 1.807) is 0 Å². The summed E-state index contributed by atoms with van der Waals surface area (Å²) in [5.41, 5.74) is 0. The van der Waals surface area contributed by atoms with E-state index in [-0.39, 0.29) is 29.0 Å². The summed E-state index contributed by atoms with van der Waals surface area (Å²) in [4.78, 5) is 1.18. The molecule has 0 N–H and O–H groups in total. The molecule has 1 aromatic carbocycles. The Kier molecular flexibility index (Phi) is 6.61. The van der Waals surface area contributed by atoms with Crippen LogP contribution in [0, 0.1) is 0 Å². The van der Waals surface area contributed by atoms with Gasteiger partial charge in [-0.1, -0.05) is 6.07 Å². The van der Waals surface area contributed by atoms with Crippen LogP contribution >= 0.6 is 11.3 Å². The van der Waals surface area contributed by atoms with Gasteiger partial charge in [0.2, 0.25) is 20.0 Å². The van der Waals surface area contributed by atoms with Crippen LogP contribution in [0.15, 0.2) is 51.6 Å². The van der Waals surface area contributed by atoms with E-state index in [9.17, 15) is 16.8 Å². The number of nitrogens with zero attached hydrogens (tertiary/aromatic N) is 2. The highest BCUT2D eigenvalue weighted by molar-refractivity contribution is 7.89. The van der Waals surface area contributed by atoms with Crippen molar-refractivity contribution >= 4 is 31.4 Å². The maximum Gasteiger partial charge on any atom is 0.243 e. The molecule has 0 bridgehead atoms. The molecule has 1 atom stereocenters. The third kappa shape index (κ3) is 4.63. The van der Waals surface area contributed by atoms with Crippen LogP contribution in [0.2, 0.25) is 0 Å². The minimum atomic E-state index is -3.79. The molecule has 2 aliphatic heterocycles. The summed E-state index contributed by atoms with van der Waals surface area (Å²) in [6.07, 6.45) is 3.36. The van der Waals surface area contributed by atoms with E-state index in [1.165, 1.54) is 44.2 Å². The molecular weight excluding hydrogens is 444 g/mol. The van der Waals surface area contributed by atoms with Gasteiger partial charge in [0, 0.05) is 37.7 Å². The van der Waals surface area contributed by atoms with Crippen LogP contribution in [0.5, 0.6) is 0 Å². The predicted octanol–water partition coefficient (Wildman–Crippen LogP) is 2.90. The number of hydrogen-bond donors (Lipinski definition) is 0. The van der Waals surface area contributed by atoms with Crippen molar-refractivity contribution in [2.45, 2.75) is 48.1 Å². The van der Waals surface area contributed by atoms with Gasteiger partial charge in [-0.05, 0) is 61.4 Å². The van der Waals surface area contributed by atoms with Crippen molar-refractivity contribution < 1.29 is 21.6 Å². The first kappa shape index (κ1) is 21.9. The number of ether oxygens (including phenoxy) is 1. The second-order valence-electron chi connectivity index (χ2n) is 7.59. The Balaban J connectivity index is 1.58. The van der Waals surface area contributed by atoms with Gasteiger partial charge in [0.1, 0.15) is 0 Å². The van der Waals surface area contributed by atoms with Crippen LogP contribution in [-0.2, 0) is 31.3 Å². The number of thiophene rings is 1. The van der Waals surface area contributed by atoms with Crippen LogP contribution in [0.25, 0.3) is 0 Å². The lowest BCUT2D eigenvalue weighted by Gasteiger charge is -2.24. The highest BCUT2D eigenvalue weighted by Crippen LogP contribution is 2.26. The number of hydrogen-bond acceptors (Lipinski definition) is 6. The zero-order chi connectivity index (χ0) is 21.2. The van der Waals surface area contributed by atoms with E-state index in [0.717, 1.165) is 30.6 Å². The maximum absolute atomic E-state index is 13.4. The molecule has 0 unspecified atom stereocenters. The molecule has 4 rings (SSSR count). The largest absolute Gasteiger partial charge is 0.377 e. The Morgan fingerprint density at radius 3 is 2.30 bits per heavy atom. The molecule has 2 fully saturated rings. The monoisotopic (exact) mass is 470 g/mol. The van der Waals surface area contributed by atoms with Gasteiger partial charge in [0.05, 0.1) is 15.9 Å². The van der Waals surface area contributed by atoms with Crippen molar-refractivity contribution in [1.82, 2.24) is 8.61 Å². The lowest BCUT2D eigenvalue weighted by Crippen LogP contribution is -2.36. The van der Waals surface area contributed by atoms with Crippen LogP contribution in [0.4, 0.5) is 0 Å². The molecule has 3 heterocycles. The maximum atomic E-state index is 13.4.